The van der Waals surface area contributed by atoms with E-state index in [1.807, 2.05) is 37.3 Å². The van der Waals surface area contributed by atoms with Crippen LogP contribution in [0.4, 0.5) is 5.13 Å². The van der Waals surface area contributed by atoms with Gasteiger partial charge >= 0.3 is 0 Å². The quantitative estimate of drug-likeness (QED) is 0.399. The number of carbonyl (C=O) groups excluding carboxylic acids is 2. The topological polar surface area (TPSA) is 72.4 Å². The van der Waals surface area contributed by atoms with Crippen LogP contribution in [0.5, 0.6) is 5.75 Å². The number of pyridine rings is 1. The number of hydrogen-bond donors (Lipinski definition) is 0. The molecule has 0 radical (unpaired) electrons. The predicted octanol–water partition coefficient (Wildman–Crippen LogP) is 5.06. The molecule has 0 N–H and O–H groups in total. The fourth-order valence-electron chi connectivity index (χ4n) is 3.26. The molecular weight excluding hydrogens is 410 g/mol. The molecule has 0 unspecified atom stereocenters. The van der Waals surface area contributed by atoms with Gasteiger partial charge in [0.1, 0.15) is 11.3 Å². The lowest BCUT2D eigenvalue weighted by Gasteiger charge is -2.19. The Kier molecular flexibility index (Phi) is 5.77. The van der Waals surface area contributed by atoms with Crippen LogP contribution in [0.1, 0.15) is 38.9 Å². The van der Waals surface area contributed by atoms with Crippen LogP contribution >= 0.6 is 11.3 Å². The Balaban J connectivity index is 1.79. The number of hydrogen-bond acceptors (Lipinski definition) is 6. The number of anilines is 1. The molecule has 2 aromatic carbocycles. The predicted molar refractivity (Wildman–Crippen MR) is 122 cm³/mol. The second-order valence-corrected chi connectivity index (χ2v) is 8.08. The van der Waals surface area contributed by atoms with E-state index in [-0.39, 0.29) is 18.2 Å². The van der Waals surface area contributed by atoms with Crippen molar-refractivity contribution in [1.82, 2.24) is 9.97 Å². The number of aromatic nitrogens is 2. The summed E-state index contributed by atoms with van der Waals surface area (Å²) < 4.78 is 6.44. The number of Topliss-reactive ketones (excluding diaryl/α,β-unsaturated/α-hetero) is 1. The zero-order valence-corrected chi connectivity index (χ0v) is 18.3. The first-order valence-electron chi connectivity index (χ1n) is 9.75. The number of rotatable bonds is 6. The minimum absolute atomic E-state index is 0.0434. The largest absolute Gasteiger partial charge is 0.494 e. The first kappa shape index (κ1) is 20.7. The van der Waals surface area contributed by atoms with Crippen LogP contribution in [0.15, 0.2) is 60.8 Å². The molecule has 0 aliphatic rings. The van der Waals surface area contributed by atoms with Gasteiger partial charge < -0.3 is 4.74 Å². The van der Waals surface area contributed by atoms with Gasteiger partial charge in [-0.25, -0.2) is 4.98 Å². The van der Waals surface area contributed by atoms with E-state index in [0.29, 0.717) is 22.0 Å². The number of aryl methyl sites for hydroxylation is 1. The number of thiazole rings is 1. The fraction of sp³-hybridized carbons (Fsp3) is 0.167. The summed E-state index contributed by atoms with van der Waals surface area (Å²) in [5, 5.41) is 0.564. The lowest BCUT2D eigenvalue weighted by atomic mass is 10.1. The lowest BCUT2D eigenvalue weighted by molar-refractivity contribution is 0.0980. The van der Waals surface area contributed by atoms with Crippen molar-refractivity contribution < 1.29 is 14.3 Å². The molecule has 0 fully saturated rings. The van der Waals surface area contributed by atoms with Gasteiger partial charge in [0.2, 0.25) is 0 Å². The molecule has 4 rings (SSSR count). The summed E-state index contributed by atoms with van der Waals surface area (Å²) in [5.41, 5.74) is 3.58. The standard InChI is InChI=1S/C24H21N3O3S/c1-15-7-12-20(30-3)21-22(15)31-24(26-21)27(14-19-6-4-5-13-25-19)23(29)18-10-8-17(9-11-18)16(2)28/h4-13H,14H2,1-3H3. The molecule has 31 heavy (non-hydrogen) atoms. The van der Waals surface area contributed by atoms with Gasteiger partial charge in [0.25, 0.3) is 5.91 Å². The minimum atomic E-state index is -0.212. The summed E-state index contributed by atoms with van der Waals surface area (Å²) in [6.07, 6.45) is 1.70. The molecule has 0 atom stereocenters. The zero-order chi connectivity index (χ0) is 22.0. The molecule has 0 spiro atoms. The first-order valence-corrected chi connectivity index (χ1v) is 10.6. The van der Waals surface area contributed by atoms with Crippen molar-refractivity contribution in [3.63, 3.8) is 0 Å². The van der Waals surface area contributed by atoms with Gasteiger partial charge in [-0.15, -0.1) is 0 Å². The number of ether oxygens (including phenoxy) is 1. The van der Waals surface area contributed by atoms with Gasteiger partial charge in [-0.05, 0) is 49.7 Å². The molecule has 0 bridgehead atoms. The SMILES string of the molecule is COc1ccc(C)c2sc(N(Cc3ccccn3)C(=O)c3ccc(C(C)=O)cc3)nc12. The fourth-order valence-corrected chi connectivity index (χ4v) is 4.31. The number of ketones is 1. The Hall–Kier alpha value is -3.58. The monoisotopic (exact) mass is 431 g/mol. The highest BCUT2D eigenvalue weighted by Crippen LogP contribution is 2.37. The van der Waals surface area contributed by atoms with E-state index in [0.717, 1.165) is 21.5 Å². The van der Waals surface area contributed by atoms with Gasteiger partial charge in [-0.2, -0.15) is 0 Å². The molecule has 4 aromatic rings. The second-order valence-electron chi connectivity index (χ2n) is 7.10. The summed E-state index contributed by atoms with van der Waals surface area (Å²) in [4.78, 5) is 35.8. The number of methoxy groups -OCH3 is 1. The minimum Gasteiger partial charge on any atom is -0.494 e. The lowest BCUT2D eigenvalue weighted by Crippen LogP contribution is -2.30. The molecule has 1 amide bonds. The molecule has 156 valence electrons. The summed E-state index contributed by atoms with van der Waals surface area (Å²) in [5.74, 6) is 0.411. The summed E-state index contributed by atoms with van der Waals surface area (Å²) in [6, 6.07) is 16.1. The van der Waals surface area contributed by atoms with Crippen molar-refractivity contribution in [3.05, 3.63) is 83.2 Å². The maximum Gasteiger partial charge on any atom is 0.260 e. The Labute approximate surface area is 184 Å². The van der Waals surface area contributed by atoms with Crippen molar-refractivity contribution >= 4 is 38.4 Å². The van der Waals surface area contributed by atoms with Crippen molar-refractivity contribution in [2.24, 2.45) is 0 Å². The van der Waals surface area contributed by atoms with E-state index < -0.39 is 0 Å². The zero-order valence-electron chi connectivity index (χ0n) is 17.5. The van der Waals surface area contributed by atoms with Crippen molar-refractivity contribution in [3.8, 4) is 5.75 Å². The maximum atomic E-state index is 13.5. The van der Waals surface area contributed by atoms with Gasteiger partial charge in [0.05, 0.1) is 24.0 Å². The summed E-state index contributed by atoms with van der Waals surface area (Å²) in [6.45, 7) is 3.78. The third kappa shape index (κ3) is 4.18. The highest BCUT2D eigenvalue weighted by atomic mass is 32.1. The number of nitrogens with zero attached hydrogens (tertiary/aromatic N) is 3. The normalized spacial score (nSPS) is 10.8. The summed E-state index contributed by atoms with van der Waals surface area (Å²) >= 11 is 1.44. The Morgan fingerprint density at radius 3 is 2.42 bits per heavy atom. The van der Waals surface area contributed by atoms with E-state index >= 15 is 0 Å². The van der Waals surface area contributed by atoms with Gasteiger partial charge in [-0.3, -0.25) is 19.5 Å². The number of carbonyl (C=O) groups is 2. The highest BCUT2D eigenvalue weighted by Gasteiger charge is 2.24. The van der Waals surface area contributed by atoms with Crippen LogP contribution in [0.3, 0.4) is 0 Å². The van der Waals surface area contributed by atoms with E-state index in [1.165, 1.54) is 18.3 Å². The molecule has 0 saturated heterocycles. The Bertz CT molecular complexity index is 1250. The van der Waals surface area contributed by atoms with E-state index in [1.54, 1.807) is 42.5 Å². The second kappa shape index (κ2) is 8.65. The van der Waals surface area contributed by atoms with Gasteiger partial charge in [0, 0.05) is 17.3 Å². The molecule has 0 aliphatic carbocycles. The smallest absolute Gasteiger partial charge is 0.260 e. The van der Waals surface area contributed by atoms with Crippen molar-refractivity contribution in [2.75, 3.05) is 12.0 Å². The molecule has 7 heteroatoms. The van der Waals surface area contributed by atoms with Crippen LogP contribution in [0, 0.1) is 6.92 Å². The average molecular weight is 432 g/mol. The molecule has 0 aliphatic heterocycles. The van der Waals surface area contributed by atoms with Crippen LogP contribution in [-0.2, 0) is 6.54 Å². The third-order valence-corrected chi connectivity index (χ3v) is 6.19. The summed E-state index contributed by atoms with van der Waals surface area (Å²) in [7, 11) is 1.61. The average Bonchev–Trinajstić information content (AvgIpc) is 3.24. The third-order valence-electron chi connectivity index (χ3n) is 4.97. The Morgan fingerprint density at radius 1 is 1.03 bits per heavy atom. The first-order chi connectivity index (χ1) is 15.0. The van der Waals surface area contributed by atoms with E-state index in [9.17, 15) is 9.59 Å². The van der Waals surface area contributed by atoms with Crippen molar-refractivity contribution in [2.45, 2.75) is 20.4 Å². The molecule has 2 heterocycles. The molecule has 0 saturated carbocycles. The van der Waals surface area contributed by atoms with Crippen LogP contribution < -0.4 is 9.64 Å². The number of benzene rings is 2. The van der Waals surface area contributed by atoms with Crippen molar-refractivity contribution in [1.29, 1.82) is 0 Å². The van der Waals surface area contributed by atoms with Crippen LogP contribution in [0.2, 0.25) is 0 Å². The van der Waals surface area contributed by atoms with Crippen LogP contribution in [-0.4, -0.2) is 28.8 Å². The van der Waals surface area contributed by atoms with E-state index in [2.05, 4.69) is 4.98 Å². The highest BCUT2D eigenvalue weighted by molar-refractivity contribution is 7.22. The van der Waals surface area contributed by atoms with Crippen LogP contribution in [0.25, 0.3) is 10.2 Å². The number of amides is 1. The maximum absolute atomic E-state index is 13.5. The molecule has 2 aromatic heterocycles. The Morgan fingerprint density at radius 2 is 1.77 bits per heavy atom. The molecule has 6 nitrogen and oxygen atoms in total. The van der Waals surface area contributed by atoms with E-state index in [4.69, 9.17) is 9.72 Å². The van der Waals surface area contributed by atoms with Gasteiger partial charge in [0.15, 0.2) is 10.9 Å². The molecular formula is C24H21N3O3S. The van der Waals surface area contributed by atoms with Gasteiger partial charge in [-0.1, -0.05) is 35.6 Å². The number of fused-ring (bicyclic) bond motifs is 1.